The fourth-order valence-electron chi connectivity index (χ4n) is 2.76. The lowest BCUT2D eigenvalue weighted by Crippen LogP contribution is -2.18. The van der Waals surface area contributed by atoms with Gasteiger partial charge in [-0.15, -0.1) is 0 Å². The zero-order valence-electron chi connectivity index (χ0n) is 10.8. The van der Waals surface area contributed by atoms with Crippen LogP contribution >= 0.6 is 0 Å². The van der Waals surface area contributed by atoms with Crippen molar-refractivity contribution in [2.24, 2.45) is 0 Å². The number of benzene rings is 1. The predicted octanol–water partition coefficient (Wildman–Crippen LogP) is 2.29. The van der Waals surface area contributed by atoms with Gasteiger partial charge in [-0.25, -0.2) is 5.10 Å². The van der Waals surface area contributed by atoms with E-state index in [0.29, 0.717) is 5.69 Å². The number of nitrogen functional groups attached to an aromatic ring is 1. The van der Waals surface area contributed by atoms with E-state index in [0.717, 1.165) is 48.1 Å². The molecule has 1 aromatic heterocycles. The summed E-state index contributed by atoms with van der Waals surface area (Å²) < 4.78 is 0. The number of rotatable bonds is 1. The first-order valence-corrected chi connectivity index (χ1v) is 6.72. The summed E-state index contributed by atoms with van der Waals surface area (Å²) in [5.41, 5.74) is 10.4. The number of nitrogens with one attached hydrogen (secondary N) is 1. The lowest BCUT2D eigenvalue weighted by molar-refractivity contribution is 0.711. The summed E-state index contributed by atoms with van der Waals surface area (Å²) in [5.74, 6) is 0. The van der Waals surface area contributed by atoms with Gasteiger partial charge in [0.1, 0.15) is 0 Å². The highest BCUT2D eigenvalue weighted by molar-refractivity contribution is 5.67. The molecule has 4 nitrogen and oxygen atoms in total. The molecule has 1 aliphatic carbocycles. The van der Waals surface area contributed by atoms with Gasteiger partial charge in [0, 0.05) is 16.8 Å². The normalized spacial score (nSPS) is 14.7. The lowest BCUT2D eigenvalue weighted by Gasteiger charge is -2.10. The summed E-state index contributed by atoms with van der Waals surface area (Å²) in [6, 6.07) is 7.67. The van der Waals surface area contributed by atoms with Crippen molar-refractivity contribution in [3.05, 3.63) is 45.7 Å². The Hall–Kier alpha value is -2.10. The molecule has 3 rings (SSSR count). The van der Waals surface area contributed by atoms with Gasteiger partial charge in [0.15, 0.2) is 0 Å². The molecule has 0 unspecified atom stereocenters. The van der Waals surface area contributed by atoms with Crippen molar-refractivity contribution in [1.82, 2.24) is 10.2 Å². The van der Waals surface area contributed by atoms with Crippen LogP contribution in [-0.4, -0.2) is 10.2 Å². The molecule has 0 atom stereocenters. The summed E-state index contributed by atoms with van der Waals surface area (Å²) in [6.45, 7) is 0. The van der Waals surface area contributed by atoms with Crippen LogP contribution < -0.4 is 11.3 Å². The highest BCUT2D eigenvalue weighted by Crippen LogP contribution is 2.27. The van der Waals surface area contributed by atoms with Crippen molar-refractivity contribution in [2.45, 2.75) is 32.1 Å². The second-order valence-corrected chi connectivity index (χ2v) is 5.04. The molecule has 98 valence electrons. The molecule has 0 spiro atoms. The van der Waals surface area contributed by atoms with Gasteiger partial charge in [0.05, 0.1) is 5.69 Å². The smallest absolute Gasteiger partial charge is 0.267 e. The van der Waals surface area contributed by atoms with Gasteiger partial charge < -0.3 is 5.73 Å². The van der Waals surface area contributed by atoms with Gasteiger partial charge in [0.2, 0.25) is 0 Å². The molecule has 0 aliphatic heterocycles. The van der Waals surface area contributed by atoms with Gasteiger partial charge >= 0.3 is 0 Å². The maximum Gasteiger partial charge on any atom is 0.267 e. The Kier molecular flexibility index (Phi) is 3.07. The number of aromatic nitrogens is 2. The molecule has 0 bridgehead atoms. The van der Waals surface area contributed by atoms with Crippen molar-refractivity contribution >= 4 is 5.69 Å². The molecule has 2 aromatic rings. The van der Waals surface area contributed by atoms with Crippen LogP contribution in [-0.2, 0) is 12.8 Å². The minimum atomic E-state index is -0.0375. The molecular formula is C15H17N3O. The van der Waals surface area contributed by atoms with E-state index in [1.54, 1.807) is 0 Å². The number of aromatic amines is 1. The third kappa shape index (κ3) is 2.26. The molecule has 19 heavy (non-hydrogen) atoms. The number of nitrogens with zero attached hydrogens (tertiary/aromatic N) is 1. The summed E-state index contributed by atoms with van der Waals surface area (Å²) >= 11 is 0. The Bertz CT molecular complexity index is 661. The van der Waals surface area contributed by atoms with E-state index in [4.69, 9.17) is 5.73 Å². The zero-order valence-corrected chi connectivity index (χ0v) is 10.8. The number of nitrogens with two attached hydrogens (primary N) is 1. The number of H-pyrrole nitrogens is 1. The average molecular weight is 255 g/mol. The van der Waals surface area contributed by atoms with Crippen LogP contribution in [0, 0.1) is 0 Å². The second kappa shape index (κ2) is 4.88. The fraction of sp³-hybridized carbons (Fsp3) is 0.333. The van der Waals surface area contributed by atoms with E-state index < -0.39 is 0 Å². The fourth-order valence-corrected chi connectivity index (χ4v) is 2.76. The van der Waals surface area contributed by atoms with Crippen LogP contribution in [0.1, 0.15) is 30.4 Å². The minimum absolute atomic E-state index is 0.0375. The number of fused-ring (bicyclic) bond motifs is 1. The maximum absolute atomic E-state index is 11.9. The van der Waals surface area contributed by atoms with E-state index in [-0.39, 0.29) is 5.56 Å². The Morgan fingerprint density at radius 2 is 1.89 bits per heavy atom. The van der Waals surface area contributed by atoms with Crippen LogP contribution in [0.2, 0.25) is 0 Å². The Morgan fingerprint density at radius 3 is 2.68 bits per heavy atom. The number of hydrogen-bond acceptors (Lipinski definition) is 3. The van der Waals surface area contributed by atoms with Crippen molar-refractivity contribution in [3.8, 4) is 11.3 Å². The van der Waals surface area contributed by atoms with Gasteiger partial charge in [-0.1, -0.05) is 18.6 Å². The second-order valence-electron chi connectivity index (χ2n) is 5.04. The monoisotopic (exact) mass is 255 g/mol. The quantitative estimate of drug-likeness (QED) is 0.606. The molecule has 1 aliphatic rings. The van der Waals surface area contributed by atoms with E-state index in [9.17, 15) is 4.79 Å². The largest absolute Gasteiger partial charge is 0.399 e. The first-order chi connectivity index (χ1) is 9.25. The maximum atomic E-state index is 11.9. The Morgan fingerprint density at radius 1 is 1.11 bits per heavy atom. The zero-order chi connectivity index (χ0) is 13.2. The molecule has 1 heterocycles. The van der Waals surface area contributed by atoms with Crippen molar-refractivity contribution in [3.63, 3.8) is 0 Å². The van der Waals surface area contributed by atoms with Crippen molar-refractivity contribution < 1.29 is 0 Å². The van der Waals surface area contributed by atoms with Gasteiger partial charge in [-0.2, -0.15) is 5.10 Å². The Balaban J connectivity index is 2.19. The van der Waals surface area contributed by atoms with Crippen LogP contribution in [0.25, 0.3) is 11.3 Å². The van der Waals surface area contributed by atoms with E-state index in [2.05, 4.69) is 10.2 Å². The van der Waals surface area contributed by atoms with Crippen LogP contribution in [0.5, 0.6) is 0 Å². The third-order valence-corrected chi connectivity index (χ3v) is 3.71. The first-order valence-electron chi connectivity index (χ1n) is 6.72. The minimum Gasteiger partial charge on any atom is -0.399 e. The summed E-state index contributed by atoms with van der Waals surface area (Å²) in [5, 5.41) is 6.88. The van der Waals surface area contributed by atoms with E-state index in [1.165, 1.54) is 6.42 Å². The standard InChI is InChI=1S/C15H17N3O/c16-11-6-4-5-10(9-11)14-12-7-2-1-3-8-13(12)15(19)18-17-14/h4-6,9H,1-3,7-8,16H2,(H,18,19). The number of anilines is 1. The summed E-state index contributed by atoms with van der Waals surface area (Å²) in [4.78, 5) is 11.9. The molecule has 0 saturated carbocycles. The molecule has 3 N–H and O–H groups in total. The van der Waals surface area contributed by atoms with Crippen LogP contribution in [0.4, 0.5) is 5.69 Å². The summed E-state index contributed by atoms with van der Waals surface area (Å²) in [7, 11) is 0. The van der Waals surface area contributed by atoms with Crippen molar-refractivity contribution in [2.75, 3.05) is 5.73 Å². The van der Waals surface area contributed by atoms with Gasteiger partial charge in [-0.3, -0.25) is 4.79 Å². The first kappa shape index (κ1) is 12.0. The Labute approximate surface area is 111 Å². The highest BCUT2D eigenvalue weighted by Gasteiger charge is 2.17. The molecule has 0 amide bonds. The molecular weight excluding hydrogens is 238 g/mol. The SMILES string of the molecule is Nc1cccc(-c2n[nH]c(=O)c3c2CCCCC3)c1. The molecule has 0 radical (unpaired) electrons. The predicted molar refractivity (Wildman–Crippen MR) is 76.0 cm³/mol. The molecule has 4 heteroatoms. The molecule has 1 aromatic carbocycles. The number of hydrogen-bond donors (Lipinski definition) is 2. The average Bonchev–Trinajstić information content (AvgIpc) is 2.65. The van der Waals surface area contributed by atoms with Crippen molar-refractivity contribution in [1.29, 1.82) is 0 Å². The lowest BCUT2D eigenvalue weighted by atomic mass is 9.98. The molecule has 0 saturated heterocycles. The summed E-state index contributed by atoms with van der Waals surface area (Å²) in [6.07, 6.45) is 5.15. The van der Waals surface area contributed by atoms with Gasteiger partial charge in [-0.05, 0) is 43.4 Å². The van der Waals surface area contributed by atoms with Gasteiger partial charge in [0.25, 0.3) is 5.56 Å². The van der Waals surface area contributed by atoms with Crippen LogP contribution in [0.3, 0.4) is 0 Å². The van der Waals surface area contributed by atoms with E-state index in [1.807, 2.05) is 24.3 Å². The highest BCUT2D eigenvalue weighted by atomic mass is 16.1. The topological polar surface area (TPSA) is 71.8 Å². The van der Waals surface area contributed by atoms with Crippen LogP contribution in [0.15, 0.2) is 29.1 Å². The third-order valence-electron chi connectivity index (χ3n) is 3.71. The molecule has 0 fully saturated rings. The van der Waals surface area contributed by atoms with E-state index >= 15 is 0 Å².